The Bertz CT molecular complexity index is 911. The molecule has 0 saturated carbocycles. The molecule has 3 amide bonds. The van der Waals surface area contributed by atoms with Crippen LogP contribution in [0.1, 0.15) is 50.3 Å². The molecule has 1 N–H and O–H groups in total. The van der Waals surface area contributed by atoms with Crippen LogP contribution in [0.5, 0.6) is 5.75 Å². The van der Waals surface area contributed by atoms with Crippen LogP contribution < -0.4 is 10.1 Å². The maximum absolute atomic E-state index is 12.7. The molecule has 2 aliphatic rings. The van der Waals surface area contributed by atoms with Crippen LogP contribution in [-0.2, 0) is 4.79 Å². The smallest absolute Gasteiger partial charge is 0.321 e. The summed E-state index contributed by atoms with van der Waals surface area (Å²) in [5.41, 5.74) is 2.40. The van der Waals surface area contributed by atoms with Crippen molar-refractivity contribution in [3.05, 3.63) is 34.5 Å². The summed E-state index contributed by atoms with van der Waals surface area (Å²) in [5.74, 6) is 0.631. The zero-order valence-electron chi connectivity index (χ0n) is 17.0. The molecular formula is C21H26N4O3. The third-order valence-electron chi connectivity index (χ3n) is 5.26. The van der Waals surface area contributed by atoms with Gasteiger partial charge in [-0.05, 0) is 51.8 Å². The van der Waals surface area contributed by atoms with Gasteiger partial charge in [0, 0.05) is 32.1 Å². The van der Waals surface area contributed by atoms with Gasteiger partial charge in [-0.15, -0.1) is 0 Å². The van der Waals surface area contributed by atoms with E-state index >= 15 is 0 Å². The summed E-state index contributed by atoms with van der Waals surface area (Å²) >= 11 is 0. The van der Waals surface area contributed by atoms with Gasteiger partial charge in [-0.25, -0.2) is 4.79 Å². The Hall–Kier alpha value is -3.01. The summed E-state index contributed by atoms with van der Waals surface area (Å²) in [6, 6.07) is 5.43. The van der Waals surface area contributed by atoms with Crippen molar-refractivity contribution in [3.8, 4) is 11.8 Å². The molecule has 28 heavy (non-hydrogen) atoms. The van der Waals surface area contributed by atoms with E-state index in [0.717, 1.165) is 12.0 Å². The van der Waals surface area contributed by atoms with E-state index in [1.165, 1.54) is 4.90 Å². The summed E-state index contributed by atoms with van der Waals surface area (Å²) in [6.45, 7) is 8.54. The fourth-order valence-electron chi connectivity index (χ4n) is 4.00. The number of benzene rings is 1. The molecule has 0 radical (unpaired) electrons. The largest absolute Gasteiger partial charge is 0.481 e. The number of nitriles is 1. The van der Waals surface area contributed by atoms with E-state index in [-0.39, 0.29) is 11.9 Å². The number of carbonyl (C=O) groups excluding carboxylic acids is 2. The summed E-state index contributed by atoms with van der Waals surface area (Å²) in [4.78, 5) is 28.6. The number of rotatable bonds is 3. The lowest BCUT2D eigenvalue weighted by molar-refractivity contribution is -0.125. The van der Waals surface area contributed by atoms with E-state index < -0.39 is 5.60 Å². The first-order valence-corrected chi connectivity index (χ1v) is 9.52. The van der Waals surface area contributed by atoms with E-state index in [0.29, 0.717) is 47.8 Å². The van der Waals surface area contributed by atoms with Crippen LogP contribution in [-0.4, -0.2) is 47.5 Å². The third-order valence-corrected chi connectivity index (χ3v) is 5.26. The highest BCUT2D eigenvalue weighted by Crippen LogP contribution is 2.46. The Labute approximate surface area is 165 Å². The fraction of sp³-hybridized carbons (Fsp3) is 0.476. The molecule has 0 spiro atoms. The molecular weight excluding hydrogens is 356 g/mol. The third kappa shape index (κ3) is 3.09. The van der Waals surface area contributed by atoms with Gasteiger partial charge in [0.2, 0.25) is 5.91 Å². The Balaban J connectivity index is 2.34. The highest BCUT2D eigenvalue weighted by Gasteiger charge is 2.43. The van der Waals surface area contributed by atoms with Gasteiger partial charge < -0.3 is 15.0 Å². The van der Waals surface area contributed by atoms with Crippen LogP contribution in [0.4, 0.5) is 4.79 Å². The van der Waals surface area contributed by atoms with Gasteiger partial charge in [0.25, 0.3) is 0 Å². The highest BCUT2D eigenvalue weighted by atomic mass is 16.5. The zero-order valence-corrected chi connectivity index (χ0v) is 17.0. The van der Waals surface area contributed by atoms with Gasteiger partial charge in [0.05, 0.1) is 23.0 Å². The first-order chi connectivity index (χ1) is 13.2. The van der Waals surface area contributed by atoms with Crippen molar-refractivity contribution in [2.45, 2.75) is 46.1 Å². The molecule has 148 valence electrons. The number of urea groups is 1. The maximum Gasteiger partial charge on any atom is 0.321 e. The molecule has 7 heteroatoms. The molecule has 2 aliphatic heterocycles. The first-order valence-electron chi connectivity index (χ1n) is 9.52. The van der Waals surface area contributed by atoms with Crippen LogP contribution in [0.15, 0.2) is 17.8 Å². The predicted molar refractivity (Wildman–Crippen MR) is 105 cm³/mol. The lowest BCUT2D eigenvalue weighted by atomic mass is 9.89. The van der Waals surface area contributed by atoms with Gasteiger partial charge in [-0.1, -0.05) is 0 Å². The van der Waals surface area contributed by atoms with Crippen LogP contribution in [0.3, 0.4) is 0 Å². The summed E-state index contributed by atoms with van der Waals surface area (Å²) < 4.78 is 6.26. The molecule has 0 aromatic heterocycles. The normalized spacial score (nSPS) is 17.7. The van der Waals surface area contributed by atoms with Crippen LogP contribution in [0.25, 0.3) is 5.70 Å². The molecule has 0 unspecified atom stereocenters. The van der Waals surface area contributed by atoms with Gasteiger partial charge in [0.15, 0.2) is 0 Å². The molecule has 7 nitrogen and oxygen atoms in total. The standard InChI is InChI=1S/C21H26N4O3/c1-6-23-20(27)24(5)19-18(25-11-7-8-16(25)26)17-13(2)14(12-22)9-10-15(17)28-21(19,3)4/h9-10H,6-8,11H2,1-5H3,(H,23,27). The number of hydrogen-bond donors (Lipinski definition) is 1. The second kappa shape index (κ2) is 7.19. The molecule has 0 atom stereocenters. The molecule has 1 fully saturated rings. The van der Waals surface area contributed by atoms with Crippen molar-refractivity contribution in [2.24, 2.45) is 0 Å². The topological polar surface area (TPSA) is 85.7 Å². The minimum Gasteiger partial charge on any atom is -0.481 e. The van der Waals surface area contributed by atoms with Crippen molar-refractivity contribution in [2.75, 3.05) is 20.1 Å². The number of hydrogen-bond acceptors (Lipinski definition) is 4. The molecule has 0 aliphatic carbocycles. The van der Waals surface area contributed by atoms with E-state index in [2.05, 4.69) is 11.4 Å². The second-order valence-corrected chi connectivity index (χ2v) is 7.58. The van der Waals surface area contributed by atoms with E-state index in [9.17, 15) is 14.9 Å². The number of amides is 3. The van der Waals surface area contributed by atoms with E-state index in [1.54, 1.807) is 24.1 Å². The SMILES string of the molecule is CCNC(=O)N(C)C1=C(N2CCCC2=O)c2c(ccc(C#N)c2C)OC1(C)C. The van der Waals surface area contributed by atoms with Crippen LogP contribution in [0, 0.1) is 18.3 Å². The lowest BCUT2D eigenvalue weighted by Crippen LogP contribution is -2.49. The molecule has 1 aromatic carbocycles. The Morgan fingerprint density at radius 1 is 1.43 bits per heavy atom. The minimum atomic E-state index is -0.842. The number of likely N-dealkylation sites (N-methyl/N-ethyl adjacent to an activating group) is 1. The number of likely N-dealkylation sites (tertiary alicyclic amines) is 1. The summed E-state index contributed by atoms with van der Waals surface area (Å²) in [5, 5.41) is 12.3. The van der Waals surface area contributed by atoms with Gasteiger partial charge in [-0.3, -0.25) is 9.69 Å². The monoisotopic (exact) mass is 382 g/mol. The number of ether oxygens (including phenoxy) is 1. The number of carbonyl (C=O) groups is 2. The maximum atomic E-state index is 12.7. The molecule has 0 bridgehead atoms. The summed E-state index contributed by atoms with van der Waals surface area (Å²) in [7, 11) is 1.68. The Morgan fingerprint density at radius 2 is 2.14 bits per heavy atom. The Morgan fingerprint density at radius 3 is 2.71 bits per heavy atom. The number of nitrogens with zero attached hydrogens (tertiary/aromatic N) is 3. The van der Waals surface area contributed by atoms with Gasteiger partial charge in [0.1, 0.15) is 11.4 Å². The van der Waals surface area contributed by atoms with Crippen molar-refractivity contribution in [3.63, 3.8) is 0 Å². The van der Waals surface area contributed by atoms with Crippen molar-refractivity contribution in [1.29, 1.82) is 5.26 Å². The van der Waals surface area contributed by atoms with Crippen LogP contribution >= 0.6 is 0 Å². The van der Waals surface area contributed by atoms with Gasteiger partial charge in [-0.2, -0.15) is 5.26 Å². The zero-order chi connectivity index (χ0) is 20.6. The van der Waals surface area contributed by atoms with Crippen molar-refractivity contribution < 1.29 is 14.3 Å². The molecule has 1 aromatic rings. The summed E-state index contributed by atoms with van der Waals surface area (Å²) in [6.07, 6.45) is 1.23. The lowest BCUT2D eigenvalue weighted by Gasteiger charge is -2.42. The van der Waals surface area contributed by atoms with Crippen molar-refractivity contribution >= 4 is 17.6 Å². The van der Waals surface area contributed by atoms with Gasteiger partial charge >= 0.3 is 6.03 Å². The average molecular weight is 382 g/mol. The van der Waals surface area contributed by atoms with Crippen molar-refractivity contribution in [1.82, 2.24) is 15.1 Å². The number of nitrogens with one attached hydrogen (secondary N) is 1. The number of fused-ring (bicyclic) bond motifs is 1. The van der Waals surface area contributed by atoms with E-state index in [4.69, 9.17) is 4.74 Å². The quantitative estimate of drug-likeness (QED) is 0.871. The minimum absolute atomic E-state index is 0.0159. The van der Waals surface area contributed by atoms with E-state index in [1.807, 2.05) is 27.7 Å². The second-order valence-electron chi connectivity index (χ2n) is 7.58. The molecule has 2 heterocycles. The molecule has 1 saturated heterocycles. The van der Waals surface area contributed by atoms with Crippen LogP contribution in [0.2, 0.25) is 0 Å². The first kappa shape index (κ1) is 19.7. The highest BCUT2D eigenvalue weighted by molar-refractivity contribution is 5.93. The Kier molecular flexibility index (Phi) is 5.07. The molecule has 3 rings (SSSR count). The average Bonchev–Trinajstić information content (AvgIpc) is 3.05. The predicted octanol–water partition coefficient (Wildman–Crippen LogP) is 2.99. The fourth-order valence-corrected chi connectivity index (χ4v) is 4.00.